The first-order chi connectivity index (χ1) is 8.27. The fourth-order valence-corrected chi connectivity index (χ4v) is 2.49. The molecule has 0 saturated heterocycles. The van der Waals surface area contributed by atoms with Gasteiger partial charge in [-0.2, -0.15) is 0 Å². The van der Waals surface area contributed by atoms with Crippen LogP contribution in [0.15, 0.2) is 48.7 Å². The molecule has 0 bridgehead atoms. The van der Waals surface area contributed by atoms with Crippen molar-refractivity contribution in [3.05, 3.63) is 59.3 Å². The largest absolute Gasteiger partial charge is 0.260 e. The number of para-hydroxylation sites is 1. The van der Waals surface area contributed by atoms with Crippen LogP contribution in [-0.4, -0.2) is 0 Å². The van der Waals surface area contributed by atoms with E-state index in [1.54, 1.807) is 4.42 Å². The van der Waals surface area contributed by atoms with Gasteiger partial charge in [-0.1, -0.05) is 41.9 Å². The summed E-state index contributed by atoms with van der Waals surface area (Å²) in [5.41, 5.74) is 4.16. The lowest BCUT2D eigenvalue weighted by Crippen LogP contribution is -1.99. The third-order valence-electron chi connectivity index (χ3n) is 2.85. The zero-order valence-corrected chi connectivity index (χ0v) is 10.4. The van der Waals surface area contributed by atoms with Crippen LogP contribution in [0.5, 0.6) is 0 Å². The maximum absolute atomic E-state index is 6.22. The molecule has 2 aromatic carbocycles. The molecule has 2 aromatic rings. The van der Waals surface area contributed by atoms with E-state index in [-0.39, 0.29) is 0 Å². The molecule has 0 aliphatic carbocycles. The van der Waals surface area contributed by atoms with E-state index in [2.05, 4.69) is 6.07 Å². The topological polar surface area (TPSA) is 3.24 Å². The van der Waals surface area contributed by atoms with E-state index >= 15 is 0 Å². The molecule has 1 heterocycles. The number of rotatable bonds is 0. The molecule has 0 radical (unpaired) electrons. The van der Waals surface area contributed by atoms with Crippen LogP contribution >= 0.6 is 23.4 Å². The van der Waals surface area contributed by atoms with E-state index in [0.29, 0.717) is 0 Å². The summed E-state index contributed by atoms with van der Waals surface area (Å²) in [6.07, 6.45) is 3.75. The summed E-state index contributed by atoms with van der Waals surface area (Å²) in [5.74, 6) is 0. The molecule has 0 saturated carbocycles. The van der Waals surface area contributed by atoms with E-state index in [9.17, 15) is 0 Å². The molecule has 0 unspecified atom stereocenters. The molecular weight excluding hydrogens is 253 g/mol. The predicted octanol–water partition coefficient (Wildman–Crippen LogP) is 4.95. The monoisotopic (exact) mass is 261 g/mol. The van der Waals surface area contributed by atoms with Crippen LogP contribution in [-0.2, 0) is 0 Å². The van der Waals surface area contributed by atoms with Gasteiger partial charge in [0.05, 0.1) is 5.69 Å². The average molecular weight is 262 g/mol. The van der Waals surface area contributed by atoms with Gasteiger partial charge in [0.2, 0.25) is 0 Å². The Morgan fingerprint density at radius 2 is 1.65 bits per heavy atom. The van der Waals surface area contributed by atoms with Gasteiger partial charge in [-0.05, 0) is 23.8 Å². The second-order valence-corrected chi connectivity index (χ2v) is 4.62. The van der Waals surface area contributed by atoms with Crippen molar-refractivity contribution in [3.63, 3.8) is 0 Å². The van der Waals surface area contributed by atoms with Crippen molar-refractivity contribution >= 4 is 35.1 Å². The van der Waals surface area contributed by atoms with Gasteiger partial charge in [-0.25, -0.2) is 0 Å². The van der Waals surface area contributed by atoms with Crippen LogP contribution in [0.2, 0.25) is 5.02 Å². The molecule has 0 fully saturated rings. The van der Waals surface area contributed by atoms with Crippen LogP contribution < -0.4 is 4.42 Å². The van der Waals surface area contributed by atoms with E-state index in [0.717, 1.165) is 27.4 Å². The third kappa shape index (κ3) is 1.72. The van der Waals surface area contributed by atoms with Crippen LogP contribution in [0.25, 0.3) is 17.2 Å². The number of hydrogen-bond donors (Lipinski definition) is 0. The quantitative estimate of drug-likeness (QED) is 0.607. The molecule has 0 N–H and O–H groups in total. The fraction of sp³-hybridized carbons (Fsp3) is 0. The van der Waals surface area contributed by atoms with Crippen molar-refractivity contribution in [3.8, 4) is 11.1 Å². The van der Waals surface area contributed by atoms with Gasteiger partial charge in [0, 0.05) is 34.1 Å². The second-order valence-electron chi connectivity index (χ2n) is 3.85. The molecule has 0 spiro atoms. The van der Waals surface area contributed by atoms with E-state index in [1.165, 1.54) is 0 Å². The Hall–Kier alpha value is -1.44. The molecule has 0 atom stereocenters. The lowest BCUT2D eigenvalue weighted by atomic mass is 9.99. The highest BCUT2D eigenvalue weighted by atomic mass is 35.5. The predicted molar refractivity (Wildman–Crippen MR) is 74.3 cm³/mol. The van der Waals surface area contributed by atoms with Gasteiger partial charge in [-0.3, -0.25) is 4.42 Å². The Kier molecular flexibility index (Phi) is 2.58. The van der Waals surface area contributed by atoms with Crippen molar-refractivity contribution in [2.75, 3.05) is 4.42 Å². The zero-order chi connectivity index (χ0) is 11.8. The van der Waals surface area contributed by atoms with Crippen molar-refractivity contribution in [1.29, 1.82) is 0 Å². The highest BCUT2D eigenvalue weighted by Gasteiger charge is 2.15. The molecule has 1 aliphatic rings. The van der Waals surface area contributed by atoms with Crippen molar-refractivity contribution < 1.29 is 0 Å². The molecule has 1 nitrogen and oxygen atoms in total. The Morgan fingerprint density at radius 1 is 0.882 bits per heavy atom. The van der Waals surface area contributed by atoms with Crippen molar-refractivity contribution in [2.24, 2.45) is 0 Å². The molecule has 0 amide bonds. The maximum Gasteiger partial charge on any atom is 0.0652 e. The van der Waals surface area contributed by atoms with Gasteiger partial charge in [0.25, 0.3) is 0 Å². The van der Waals surface area contributed by atoms with E-state index in [4.69, 9.17) is 23.4 Å². The molecule has 3 rings (SSSR count). The summed E-state index contributed by atoms with van der Waals surface area (Å²) in [5, 5.41) is 0.737. The normalized spacial score (nSPS) is 12.9. The standard InChI is InChI=1S/C14H9Cl2N/c15-13-6-3-5-10-11(13)8-9-17(16)14-7-2-1-4-12(10)14/h1-9H. The summed E-state index contributed by atoms with van der Waals surface area (Å²) in [7, 11) is 0. The minimum absolute atomic E-state index is 0.737. The van der Waals surface area contributed by atoms with Gasteiger partial charge >= 0.3 is 0 Å². The number of fused-ring (bicyclic) bond motifs is 3. The van der Waals surface area contributed by atoms with Gasteiger partial charge in [0.15, 0.2) is 0 Å². The summed E-state index contributed by atoms with van der Waals surface area (Å²) in [6.45, 7) is 0. The number of nitrogens with zero attached hydrogens (tertiary/aromatic N) is 1. The van der Waals surface area contributed by atoms with Crippen LogP contribution in [0.4, 0.5) is 5.69 Å². The van der Waals surface area contributed by atoms with E-state index < -0.39 is 0 Å². The first kappa shape index (κ1) is 10.7. The van der Waals surface area contributed by atoms with Crippen molar-refractivity contribution in [1.82, 2.24) is 0 Å². The van der Waals surface area contributed by atoms with Crippen LogP contribution in [0.3, 0.4) is 0 Å². The fourth-order valence-electron chi connectivity index (χ4n) is 2.05. The molecule has 3 heteroatoms. The second kappa shape index (κ2) is 4.10. The molecule has 84 valence electrons. The smallest absolute Gasteiger partial charge is 0.0652 e. The van der Waals surface area contributed by atoms with Gasteiger partial charge < -0.3 is 0 Å². The number of hydrogen-bond acceptors (Lipinski definition) is 1. The first-order valence-corrected chi connectivity index (χ1v) is 6.00. The molecule has 17 heavy (non-hydrogen) atoms. The highest BCUT2D eigenvalue weighted by molar-refractivity contribution is 6.33. The Morgan fingerprint density at radius 3 is 2.53 bits per heavy atom. The summed E-state index contributed by atoms with van der Waals surface area (Å²) >= 11 is 12.4. The maximum atomic E-state index is 6.22. The zero-order valence-electron chi connectivity index (χ0n) is 8.90. The number of benzene rings is 2. The number of anilines is 1. The lowest BCUT2D eigenvalue weighted by Gasteiger charge is -2.13. The lowest BCUT2D eigenvalue weighted by molar-refractivity contribution is 1.45. The Balaban J connectivity index is 2.37. The first-order valence-electron chi connectivity index (χ1n) is 5.28. The Bertz CT molecular complexity index is 605. The summed E-state index contributed by atoms with van der Waals surface area (Å²) in [6, 6.07) is 13.9. The third-order valence-corrected chi connectivity index (χ3v) is 3.47. The summed E-state index contributed by atoms with van der Waals surface area (Å²) in [4.78, 5) is 0. The number of halogens is 2. The van der Waals surface area contributed by atoms with Crippen LogP contribution in [0, 0.1) is 0 Å². The molecule has 1 aliphatic heterocycles. The average Bonchev–Trinajstić information content (AvgIpc) is 2.50. The van der Waals surface area contributed by atoms with Crippen molar-refractivity contribution in [2.45, 2.75) is 0 Å². The SMILES string of the molecule is Clc1cccc2c1C=CN(Cl)c1ccccc1-2. The van der Waals surface area contributed by atoms with E-state index in [1.807, 2.05) is 48.7 Å². The minimum atomic E-state index is 0.737. The minimum Gasteiger partial charge on any atom is -0.260 e. The highest BCUT2D eigenvalue weighted by Crippen LogP contribution is 2.39. The molecular formula is C14H9Cl2N. The molecule has 0 aromatic heterocycles. The van der Waals surface area contributed by atoms with Gasteiger partial charge in [0.1, 0.15) is 0 Å². The summed E-state index contributed by atoms with van der Waals surface area (Å²) < 4.78 is 1.59. The van der Waals surface area contributed by atoms with Gasteiger partial charge in [-0.15, -0.1) is 0 Å². The van der Waals surface area contributed by atoms with Crippen LogP contribution in [0.1, 0.15) is 5.56 Å². The Labute approximate surface area is 110 Å².